The molecule has 0 aliphatic carbocycles. The van der Waals surface area contributed by atoms with Crippen molar-refractivity contribution in [3.8, 4) is 0 Å². The molecule has 1 aromatic rings. The lowest BCUT2D eigenvalue weighted by molar-refractivity contribution is -0.130. The van der Waals surface area contributed by atoms with Crippen LogP contribution in [-0.2, 0) is 16.0 Å². The van der Waals surface area contributed by atoms with Gasteiger partial charge in [-0.3, -0.25) is 4.79 Å². The van der Waals surface area contributed by atoms with Crippen LogP contribution in [0.2, 0.25) is 0 Å². The Morgan fingerprint density at radius 2 is 2.12 bits per heavy atom. The van der Waals surface area contributed by atoms with Gasteiger partial charge in [-0.1, -0.05) is 12.1 Å². The Labute approximate surface area is 101 Å². The zero-order chi connectivity index (χ0) is 12.3. The van der Waals surface area contributed by atoms with Gasteiger partial charge in [-0.25, -0.2) is 0 Å². The molecule has 2 rings (SSSR count). The van der Waals surface area contributed by atoms with E-state index in [1.807, 2.05) is 31.3 Å². The predicted molar refractivity (Wildman–Crippen MR) is 66.6 cm³/mol. The number of anilines is 1. The summed E-state index contributed by atoms with van der Waals surface area (Å²) >= 11 is 0. The minimum atomic E-state index is 0.119. The molecule has 2 N–H and O–H groups in total. The molecule has 1 aromatic carbocycles. The number of carbonyl (C=O) groups is 1. The Morgan fingerprint density at radius 3 is 2.82 bits per heavy atom. The molecule has 4 heteroatoms. The first-order valence-electron chi connectivity index (χ1n) is 5.84. The first kappa shape index (κ1) is 11.9. The second kappa shape index (κ2) is 5.19. The fraction of sp³-hybridized carbons (Fsp3) is 0.462. The molecule has 0 spiro atoms. The number of hydrogen-bond donors (Lipinski definition) is 1. The second-order valence-corrected chi connectivity index (χ2v) is 4.43. The van der Waals surface area contributed by atoms with Crippen LogP contribution < -0.4 is 5.73 Å². The lowest BCUT2D eigenvalue weighted by Crippen LogP contribution is -2.39. The molecule has 0 bridgehead atoms. The standard InChI is InChI=1S/C13H18N2O2/c1-15-12(9-17-7-6-13(15)16)8-10-2-4-11(14)5-3-10/h2-5,12H,6-9,14H2,1H3. The highest BCUT2D eigenvalue weighted by atomic mass is 16.5. The molecule has 1 unspecified atom stereocenters. The van der Waals surface area contributed by atoms with Gasteiger partial charge < -0.3 is 15.4 Å². The molecule has 1 amide bonds. The summed E-state index contributed by atoms with van der Waals surface area (Å²) in [7, 11) is 1.85. The highest BCUT2D eigenvalue weighted by Gasteiger charge is 2.23. The van der Waals surface area contributed by atoms with Crippen LogP contribution >= 0.6 is 0 Å². The van der Waals surface area contributed by atoms with E-state index in [9.17, 15) is 4.79 Å². The van der Waals surface area contributed by atoms with E-state index in [2.05, 4.69) is 0 Å². The summed E-state index contributed by atoms with van der Waals surface area (Å²) in [4.78, 5) is 13.5. The summed E-state index contributed by atoms with van der Waals surface area (Å²) in [5, 5.41) is 0. The van der Waals surface area contributed by atoms with Crippen LogP contribution in [0.15, 0.2) is 24.3 Å². The van der Waals surface area contributed by atoms with Crippen molar-refractivity contribution in [2.24, 2.45) is 0 Å². The number of hydrogen-bond acceptors (Lipinski definition) is 3. The first-order valence-corrected chi connectivity index (χ1v) is 5.84. The van der Waals surface area contributed by atoms with Gasteiger partial charge in [-0.15, -0.1) is 0 Å². The lowest BCUT2D eigenvalue weighted by Gasteiger charge is -2.25. The smallest absolute Gasteiger partial charge is 0.224 e. The fourth-order valence-corrected chi connectivity index (χ4v) is 1.99. The molecule has 1 aliphatic rings. The van der Waals surface area contributed by atoms with Crippen molar-refractivity contribution in [2.75, 3.05) is 26.0 Å². The van der Waals surface area contributed by atoms with E-state index in [4.69, 9.17) is 10.5 Å². The summed E-state index contributed by atoms with van der Waals surface area (Å²) in [5.41, 5.74) is 7.58. The summed E-state index contributed by atoms with van der Waals surface area (Å²) in [5.74, 6) is 0.156. The van der Waals surface area contributed by atoms with Gasteiger partial charge in [-0.05, 0) is 24.1 Å². The Balaban J connectivity index is 2.06. The molecule has 1 saturated heterocycles. The SMILES string of the molecule is CN1C(=O)CCOCC1Cc1ccc(N)cc1. The van der Waals surface area contributed by atoms with Crippen LogP contribution in [0.5, 0.6) is 0 Å². The maximum Gasteiger partial charge on any atom is 0.224 e. The van der Waals surface area contributed by atoms with E-state index < -0.39 is 0 Å². The minimum Gasteiger partial charge on any atom is -0.399 e. The quantitative estimate of drug-likeness (QED) is 0.778. The zero-order valence-electron chi connectivity index (χ0n) is 10.1. The van der Waals surface area contributed by atoms with E-state index in [0.717, 1.165) is 12.1 Å². The highest BCUT2D eigenvalue weighted by molar-refractivity contribution is 5.76. The van der Waals surface area contributed by atoms with Crippen molar-refractivity contribution >= 4 is 11.6 Å². The van der Waals surface area contributed by atoms with Crippen molar-refractivity contribution in [3.05, 3.63) is 29.8 Å². The van der Waals surface area contributed by atoms with Gasteiger partial charge >= 0.3 is 0 Å². The third kappa shape index (κ3) is 2.97. The molecule has 1 atom stereocenters. The first-order chi connectivity index (χ1) is 8.16. The van der Waals surface area contributed by atoms with Crippen LogP contribution in [0.3, 0.4) is 0 Å². The Kier molecular flexibility index (Phi) is 3.64. The third-order valence-corrected chi connectivity index (χ3v) is 3.16. The number of benzene rings is 1. The molecule has 1 aliphatic heterocycles. The maximum absolute atomic E-state index is 11.7. The zero-order valence-corrected chi connectivity index (χ0v) is 10.1. The number of nitrogens with two attached hydrogens (primary N) is 1. The highest BCUT2D eigenvalue weighted by Crippen LogP contribution is 2.14. The van der Waals surface area contributed by atoms with Crippen LogP contribution in [0.4, 0.5) is 5.69 Å². The molecule has 17 heavy (non-hydrogen) atoms. The van der Waals surface area contributed by atoms with Gasteiger partial charge in [0.05, 0.1) is 25.7 Å². The number of likely N-dealkylation sites (N-methyl/N-ethyl adjacent to an activating group) is 1. The van der Waals surface area contributed by atoms with Gasteiger partial charge in [0.2, 0.25) is 5.91 Å². The predicted octanol–water partition coefficient (Wildman–Crippen LogP) is 1.06. The molecule has 1 fully saturated rings. The van der Waals surface area contributed by atoms with Gasteiger partial charge in [0, 0.05) is 12.7 Å². The number of rotatable bonds is 2. The number of nitrogens with zero attached hydrogens (tertiary/aromatic N) is 1. The number of carbonyl (C=O) groups excluding carboxylic acids is 1. The van der Waals surface area contributed by atoms with Gasteiger partial charge in [-0.2, -0.15) is 0 Å². The average Bonchev–Trinajstić information content (AvgIpc) is 2.48. The van der Waals surface area contributed by atoms with Crippen LogP contribution in [0.1, 0.15) is 12.0 Å². The lowest BCUT2D eigenvalue weighted by atomic mass is 10.1. The van der Waals surface area contributed by atoms with Crippen molar-refractivity contribution in [3.63, 3.8) is 0 Å². The monoisotopic (exact) mass is 234 g/mol. The molecule has 4 nitrogen and oxygen atoms in total. The molecule has 1 heterocycles. The van der Waals surface area contributed by atoms with Crippen molar-refractivity contribution in [1.29, 1.82) is 0 Å². The maximum atomic E-state index is 11.7. The van der Waals surface area contributed by atoms with Gasteiger partial charge in [0.25, 0.3) is 0 Å². The number of ether oxygens (including phenoxy) is 1. The van der Waals surface area contributed by atoms with E-state index >= 15 is 0 Å². The van der Waals surface area contributed by atoms with Gasteiger partial charge in [0.1, 0.15) is 0 Å². The molecule has 0 radical (unpaired) electrons. The Morgan fingerprint density at radius 1 is 1.41 bits per heavy atom. The topological polar surface area (TPSA) is 55.6 Å². The van der Waals surface area contributed by atoms with Crippen LogP contribution in [0, 0.1) is 0 Å². The Hall–Kier alpha value is -1.55. The van der Waals surface area contributed by atoms with E-state index in [-0.39, 0.29) is 11.9 Å². The fourth-order valence-electron chi connectivity index (χ4n) is 1.99. The summed E-state index contributed by atoms with van der Waals surface area (Å²) in [6.45, 7) is 1.13. The van der Waals surface area contributed by atoms with E-state index in [1.54, 1.807) is 4.90 Å². The summed E-state index contributed by atoms with van der Waals surface area (Å²) < 4.78 is 5.46. The molecule has 92 valence electrons. The molecule has 0 saturated carbocycles. The normalized spacial score (nSPS) is 21.4. The molecular formula is C13H18N2O2. The third-order valence-electron chi connectivity index (χ3n) is 3.16. The summed E-state index contributed by atoms with van der Waals surface area (Å²) in [6.07, 6.45) is 1.29. The Bertz CT molecular complexity index is 389. The minimum absolute atomic E-state index is 0.119. The number of amides is 1. The number of nitrogen functional groups attached to an aromatic ring is 1. The van der Waals surface area contributed by atoms with E-state index in [1.165, 1.54) is 5.56 Å². The van der Waals surface area contributed by atoms with Crippen molar-refractivity contribution < 1.29 is 9.53 Å². The summed E-state index contributed by atoms with van der Waals surface area (Å²) in [6, 6.07) is 7.88. The second-order valence-electron chi connectivity index (χ2n) is 4.43. The van der Waals surface area contributed by atoms with Crippen LogP contribution in [-0.4, -0.2) is 37.1 Å². The average molecular weight is 234 g/mol. The largest absolute Gasteiger partial charge is 0.399 e. The van der Waals surface area contributed by atoms with Crippen molar-refractivity contribution in [1.82, 2.24) is 4.90 Å². The molecule has 0 aromatic heterocycles. The van der Waals surface area contributed by atoms with Crippen LogP contribution in [0.25, 0.3) is 0 Å². The molecular weight excluding hydrogens is 216 g/mol. The van der Waals surface area contributed by atoms with Gasteiger partial charge in [0.15, 0.2) is 0 Å². The van der Waals surface area contributed by atoms with Crippen molar-refractivity contribution in [2.45, 2.75) is 18.9 Å². The van der Waals surface area contributed by atoms with E-state index in [0.29, 0.717) is 19.6 Å².